The first-order valence-corrected chi connectivity index (χ1v) is 14.5. The van der Waals surface area contributed by atoms with Gasteiger partial charge in [-0.1, -0.05) is 41.0 Å². The van der Waals surface area contributed by atoms with Crippen LogP contribution in [0.2, 0.25) is 0 Å². The molecule has 5 rings (SSSR count). The van der Waals surface area contributed by atoms with E-state index in [1.807, 2.05) is 0 Å². The predicted octanol–water partition coefficient (Wildman–Crippen LogP) is 5.42. The van der Waals surface area contributed by atoms with Gasteiger partial charge in [-0.2, -0.15) is 0 Å². The molecule has 202 valence electrons. The number of carboxylic acid groups (broad SMARTS) is 1. The summed E-state index contributed by atoms with van der Waals surface area (Å²) in [7, 11) is 0. The monoisotopic (exact) mass is 501 g/mol. The molecule has 4 aliphatic carbocycles. The van der Waals surface area contributed by atoms with Gasteiger partial charge in [-0.15, -0.1) is 0 Å². The quantitative estimate of drug-likeness (QED) is 0.537. The van der Waals surface area contributed by atoms with Gasteiger partial charge in [-0.25, -0.2) is 4.79 Å². The molecular weight excluding hydrogens is 454 g/mol. The molecule has 5 aliphatic rings. The van der Waals surface area contributed by atoms with Crippen molar-refractivity contribution < 1.29 is 24.6 Å². The Labute approximate surface area is 216 Å². The number of hydrogen-bond acceptors (Lipinski definition) is 4. The molecule has 0 spiro atoms. The molecule has 10 atom stereocenters. The zero-order valence-electron chi connectivity index (χ0n) is 23.0. The lowest BCUT2D eigenvalue weighted by molar-refractivity contribution is -0.172. The van der Waals surface area contributed by atoms with Crippen LogP contribution in [0.15, 0.2) is 0 Å². The van der Waals surface area contributed by atoms with Crippen molar-refractivity contribution in [2.45, 2.75) is 98.4 Å². The molecule has 0 aromatic carbocycles. The highest BCUT2D eigenvalue weighted by molar-refractivity contribution is 5.91. The van der Waals surface area contributed by atoms with Gasteiger partial charge in [0.05, 0.1) is 6.61 Å². The Hall–Kier alpha value is -1.43. The van der Waals surface area contributed by atoms with Crippen molar-refractivity contribution in [3.8, 4) is 0 Å². The lowest BCUT2D eigenvalue weighted by Gasteiger charge is -2.61. The third-order valence-electron chi connectivity index (χ3n) is 12.0. The van der Waals surface area contributed by atoms with Gasteiger partial charge in [0.15, 0.2) is 0 Å². The van der Waals surface area contributed by atoms with Gasteiger partial charge < -0.3 is 15.1 Å². The van der Waals surface area contributed by atoms with Crippen molar-refractivity contribution in [3.05, 3.63) is 0 Å². The first-order chi connectivity index (χ1) is 16.8. The summed E-state index contributed by atoms with van der Waals surface area (Å²) in [6, 6.07) is 0.0664. The molecule has 1 amide bonds. The Morgan fingerprint density at radius 2 is 1.75 bits per heavy atom. The molecule has 6 nitrogen and oxygen atoms in total. The average molecular weight is 502 g/mol. The number of rotatable bonds is 4. The van der Waals surface area contributed by atoms with Crippen LogP contribution in [0.5, 0.6) is 0 Å². The van der Waals surface area contributed by atoms with E-state index in [0.29, 0.717) is 36.5 Å². The maximum Gasteiger partial charge on any atom is 0.407 e. The van der Waals surface area contributed by atoms with Crippen LogP contribution in [0, 0.1) is 57.7 Å². The molecule has 1 aliphatic heterocycles. The highest BCUT2D eigenvalue weighted by Gasteiger charge is 2.65. The van der Waals surface area contributed by atoms with Gasteiger partial charge in [-0.3, -0.25) is 9.59 Å². The topological polar surface area (TPSA) is 94.9 Å². The Bertz CT molecular complexity index is 925. The van der Waals surface area contributed by atoms with E-state index in [9.17, 15) is 24.6 Å². The standard InChI is InChI=1S/C30H47NO5/c1-28(2,3)26-18(15-31(26)27(35)36)7-6-17-10-12-29(4)21-11-13-30(5)20(8-9-23(30)33)24(21)25(34)19(16-32)22(29)14-17/h17-22,24,26,32H,6-16H2,1-5H3,(H,35,36)/t17-,18?,19+,20?,21?,22?,24?,26?,29+,30-/m0/s1. The first-order valence-electron chi connectivity index (χ1n) is 14.5. The van der Waals surface area contributed by atoms with E-state index in [1.165, 1.54) is 0 Å². The maximum atomic E-state index is 13.9. The number of Topliss-reactive ketones (excluding diaryl/α,β-unsaturated/α-hetero) is 2. The smallest absolute Gasteiger partial charge is 0.407 e. The minimum atomic E-state index is -0.812. The molecule has 0 bridgehead atoms. The molecule has 0 aromatic rings. The molecule has 6 unspecified atom stereocenters. The fraction of sp³-hybridized carbons (Fsp3) is 0.900. The lowest BCUT2D eigenvalue weighted by atomic mass is 9.42. The SMILES string of the molecule is CC(C)(C)C1C(CC[C@H]2CC[C@]3(C)C4CC[C@]5(C)C(=O)CCC5C4C(=O)[C@H](CO)C3C2)CN1C(=O)O. The van der Waals surface area contributed by atoms with Crippen LogP contribution >= 0.6 is 0 Å². The van der Waals surface area contributed by atoms with Crippen LogP contribution in [0.4, 0.5) is 4.79 Å². The number of aliphatic hydroxyl groups is 1. The molecule has 6 heteroatoms. The van der Waals surface area contributed by atoms with E-state index in [0.717, 1.165) is 51.4 Å². The van der Waals surface area contributed by atoms with Gasteiger partial charge in [0, 0.05) is 36.3 Å². The number of aliphatic hydroxyl groups excluding tert-OH is 1. The van der Waals surface area contributed by atoms with Crippen molar-refractivity contribution in [2.24, 2.45) is 57.7 Å². The number of hydrogen-bond donors (Lipinski definition) is 2. The van der Waals surface area contributed by atoms with Crippen molar-refractivity contribution >= 4 is 17.7 Å². The van der Waals surface area contributed by atoms with Gasteiger partial charge in [0.2, 0.25) is 0 Å². The number of fused-ring (bicyclic) bond motifs is 5. The number of nitrogens with zero attached hydrogens (tertiary/aromatic N) is 1. The molecular formula is C30H47NO5. The van der Waals surface area contributed by atoms with Crippen LogP contribution in [-0.4, -0.2) is 52.0 Å². The molecule has 2 N–H and O–H groups in total. The minimum Gasteiger partial charge on any atom is -0.465 e. The zero-order valence-corrected chi connectivity index (χ0v) is 23.0. The van der Waals surface area contributed by atoms with Crippen LogP contribution in [0.3, 0.4) is 0 Å². The molecule has 5 fully saturated rings. The summed E-state index contributed by atoms with van der Waals surface area (Å²) in [5.74, 6) is 1.88. The van der Waals surface area contributed by atoms with E-state index in [2.05, 4.69) is 34.6 Å². The third kappa shape index (κ3) is 3.79. The lowest BCUT2D eigenvalue weighted by Crippen LogP contribution is -2.63. The Balaban J connectivity index is 1.30. The van der Waals surface area contributed by atoms with Gasteiger partial charge >= 0.3 is 6.09 Å². The third-order valence-corrected chi connectivity index (χ3v) is 12.0. The van der Waals surface area contributed by atoms with E-state index in [1.54, 1.807) is 4.90 Å². The summed E-state index contributed by atoms with van der Waals surface area (Å²) in [4.78, 5) is 40.0. The second-order valence-corrected chi connectivity index (χ2v) is 14.7. The largest absolute Gasteiger partial charge is 0.465 e. The maximum absolute atomic E-state index is 13.9. The molecule has 0 aromatic heterocycles. The summed E-state index contributed by atoms with van der Waals surface area (Å²) in [6.45, 7) is 11.5. The van der Waals surface area contributed by atoms with Crippen LogP contribution < -0.4 is 0 Å². The highest BCUT2D eigenvalue weighted by atomic mass is 16.4. The summed E-state index contributed by atoms with van der Waals surface area (Å²) in [5, 5.41) is 20.0. The van der Waals surface area contributed by atoms with E-state index in [-0.39, 0.29) is 58.3 Å². The Kier molecular flexibility index (Phi) is 6.41. The number of ketones is 2. The van der Waals surface area contributed by atoms with Crippen LogP contribution in [0.1, 0.15) is 92.4 Å². The number of carbonyl (C=O) groups excluding carboxylic acids is 2. The van der Waals surface area contributed by atoms with Gasteiger partial charge in [0.25, 0.3) is 0 Å². The normalized spacial score (nSPS) is 46.6. The fourth-order valence-electron chi connectivity index (χ4n) is 10.2. The highest BCUT2D eigenvalue weighted by Crippen LogP contribution is 2.66. The van der Waals surface area contributed by atoms with Crippen molar-refractivity contribution in [2.75, 3.05) is 13.2 Å². The van der Waals surface area contributed by atoms with Crippen LogP contribution in [-0.2, 0) is 9.59 Å². The summed E-state index contributed by atoms with van der Waals surface area (Å²) < 4.78 is 0. The number of carbonyl (C=O) groups is 3. The summed E-state index contributed by atoms with van der Waals surface area (Å²) >= 11 is 0. The van der Waals surface area contributed by atoms with E-state index >= 15 is 0 Å². The van der Waals surface area contributed by atoms with E-state index < -0.39 is 6.09 Å². The second kappa shape index (κ2) is 8.81. The predicted molar refractivity (Wildman–Crippen MR) is 137 cm³/mol. The molecule has 1 heterocycles. The number of likely N-dealkylation sites (tertiary alicyclic amines) is 1. The Morgan fingerprint density at radius 1 is 1.03 bits per heavy atom. The molecule has 36 heavy (non-hydrogen) atoms. The van der Waals surface area contributed by atoms with Gasteiger partial charge in [0.1, 0.15) is 11.6 Å². The Morgan fingerprint density at radius 3 is 2.39 bits per heavy atom. The summed E-state index contributed by atoms with van der Waals surface area (Å²) in [5.41, 5.74) is -0.357. The first kappa shape index (κ1) is 26.2. The molecule has 0 radical (unpaired) electrons. The van der Waals surface area contributed by atoms with E-state index in [4.69, 9.17) is 0 Å². The number of amides is 1. The van der Waals surface area contributed by atoms with Crippen molar-refractivity contribution in [3.63, 3.8) is 0 Å². The minimum absolute atomic E-state index is 0.0555. The molecule has 4 saturated carbocycles. The van der Waals surface area contributed by atoms with Gasteiger partial charge in [-0.05, 0) is 85.4 Å². The van der Waals surface area contributed by atoms with Crippen molar-refractivity contribution in [1.29, 1.82) is 0 Å². The summed E-state index contributed by atoms with van der Waals surface area (Å²) in [6.07, 6.45) is 7.87. The zero-order chi connectivity index (χ0) is 26.2. The second-order valence-electron chi connectivity index (χ2n) is 14.7. The van der Waals surface area contributed by atoms with Crippen molar-refractivity contribution in [1.82, 2.24) is 4.90 Å². The average Bonchev–Trinajstić information content (AvgIpc) is 3.07. The molecule has 1 saturated heterocycles. The fourth-order valence-corrected chi connectivity index (χ4v) is 10.2. The van der Waals surface area contributed by atoms with Crippen LogP contribution in [0.25, 0.3) is 0 Å².